The largest absolute Gasteiger partial charge is 0.357 e. The van der Waals surface area contributed by atoms with Gasteiger partial charge in [0.05, 0.1) is 11.9 Å². The fourth-order valence-corrected chi connectivity index (χ4v) is 2.51. The first-order valence-corrected chi connectivity index (χ1v) is 6.68. The van der Waals surface area contributed by atoms with E-state index in [1.165, 1.54) is 0 Å². The molecule has 5 heteroatoms. The summed E-state index contributed by atoms with van der Waals surface area (Å²) in [6.07, 6.45) is 3.18. The smallest absolute Gasteiger partial charge is 0.263 e. The summed E-state index contributed by atoms with van der Waals surface area (Å²) in [5, 5.41) is 1.67. The zero-order valence-corrected chi connectivity index (χ0v) is 11.2. The molecule has 0 atom stereocenters. The van der Waals surface area contributed by atoms with Crippen LogP contribution in [0.2, 0.25) is 0 Å². The van der Waals surface area contributed by atoms with Crippen LogP contribution in [0.3, 0.4) is 0 Å². The van der Waals surface area contributed by atoms with Crippen LogP contribution in [0, 0.1) is 0 Å². The van der Waals surface area contributed by atoms with Crippen molar-refractivity contribution in [1.82, 2.24) is 19.5 Å². The molecule has 5 nitrogen and oxygen atoms in total. The van der Waals surface area contributed by atoms with E-state index >= 15 is 0 Å². The number of benzene rings is 1. The van der Waals surface area contributed by atoms with E-state index in [0.29, 0.717) is 17.6 Å². The molecule has 3 heterocycles. The Morgan fingerprint density at radius 3 is 2.90 bits per heavy atom. The van der Waals surface area contributed by atoms with Crippen LogP contribution in [-0.2, 0) is 6.54 Å². The molecule has 0 radical (unpaired) electrons. The van der Waals surface area contributed by atoms with Gasteiger partial charge in [-0.05, 0) is 29.7 Å². The first-order valence-electron chi connectivity index (χ1n) is 6.68. The van der Waals surface area contributed by atoms with Crippen molar-refractivity contribution in [2.75, 3.05) is 0 Å². The molecule has 0 unspecified atom stereocenters. The zero-order valence-electron chi connectivity index (χ0n) is 11.2. The van der Waals surface area contributed by atoms with Gasteiger partial charge in [-0.3, -0.25) is 9.36 Å². The van der Waals surface area contributed by atoms with Crippen molar-refractivity contribution in [3.05, 3.63) is 71.0 Å². The maximum absolute atomic E-state index is 12.4. The lowest BCUT2D eigenvalue weighted by molar-refractivity contribution is 0.734. The summed E-state index contributed by atoms with van der Waals surface area (Å²) in [7, 11) is 0. The van der Waals surface area contributed by atoms with Crippen molar-refractivity contribution >= 4 is 21.9 Å². The Morgan fingerprint density at radius 2 is 2.00 bits per heavy atom. The first kappa shape index (κ1) is 11.8. The fourth-order valence-electron chi connectivity index (χ4n) is 2.51. The highest BCUT2D eigenvalue weighted by Crippen LogP contribution is 2.15. The fraction of sp³-hybridized carbons (Fsp3) is 0.0625. The summed E-state index contributed by atoms with van der Waals surface area (Å²) in [5.74, 6) is 0. The van der Waals surface area contributed by atoms with Crippen molar-refractivity contribution < 1.29 is 0 Å². The minimum absolute atomic E-state index is 0.0771. The quantitative estimate of drug-likeness (QED) is 0.611. The van der Waals surface area contributed by atoms with E-state index in [1.54, 1.807) is 29.2 Å². The Bertz CT molecular complexity index is 967. The van der Waals surface area contributed by atoms with Crippen LogP contribution in [-0.4, -0.2) is 19.5 Å². The molecule has 0 spiro atoms. The van der Waals surface area contributed by atoms with Gasteiger partial charge in [-0.1, -0.05) is 18.2 Å². The van der Waals surface area contributed by atoms with Crippen LogP contribution in [0.25, 0.3) is 21.9 Å². The summed E-state index contributed by atoms with van der Waals surface area (Å²) >= 11 is 0. The summed E-state index contributed by atoms with van der Waals surface area (Å²) in [6.45, 7) is 0.464. The molecule has 3 aromatic heterocycles. The Balaban J connectivity index is 1.80. The molecule has 0 saturated heterocycles. The minimum atomic E-state index is -0.0771. The molecule has 0 amide bonds. The number of rotatable bonds is 2. The molecule has 102 valence electrons. The number of nitrogens with one attached hydrogen (secondary N) is 1. The number of aromatic nitrogens is 4. The van der Waals surface area contributed by atoms with Gasteiger partial charge in [0, 0.05) is 17.4 Å². The van der Waals surface area contributed by atoms with Crippen LogP contribution >= 0.6 is 0 Å². The van der Waals surface area contributed by atoms with E-state index < -0.39 is 0 Å². The molecule has 0 fully saturated rings. The third-order valence-corrected chi connectivity index (χ3v) is 3.52. The molecule has 0 aliphatic carbocycles. The second kappa shape index (κ2) is 4.56. The van der Waals surface area contributed by atoms with Crippen LogP contribution < -0.4 is 5.56 Å². The van der Waals surface area contributed by atoms with Gasteiger partial charge < -0.3 is 4.98 Å². The summed E-state index contributed by atoms with van der Waals surface area (Å²) in [5.41, 5.74) is 2.45. The van der Waals surface area contributed by atoms with Crippen LogP contribution in [0.1, 0.15) is 5.69 Å². The van der Waals surface area contributed by atoms with Gasteiger partial charge in [0.1, 0.15) is 6.33 Å². The molecule has 1 N–H and O–H groups in total. The molecular weight excluding hydrogens is 264 g/mol. The van der Waals surface area contributed by atoms with Gasteiger partial charge in [0.25, 0.3) is 5.56 Å². The average Bonchev–Trinajstić information content (AvgIpc) is 2.93. The Hall–Kier alpha value is -2.95. The molecular formula is C16H12N4O. The zero-order chi connectivity index (χ0) is 14.2. The second-order valence-electron chi connectivity index (χ2n) is 4.93. The predicted molar refractivity (Wildman–Crippen MR) is 81.2 cm³/mol. The molecule has 0 bridgehead atoms. The molecule has 4 rings (SSSR count). The van der Waals surface area contributed by atoms with Crippen molar-refractivity contribution in [2.45, 2.75) is 6.54 Å². The molecule has 0 saturated carbocycles. The number of fused-ring (bicyclic) bond motifs is 2. The number of aromatic amines is 1. The highest BCUT2D eigenvalue weighted by atomic mass is 16.1. The molecule has 0 aliphatic heterocycles. The predicted octanol–water partition coefficient (Wildman–Crippen LogP) is 2.32. The van der Waals surface area contributed by atoms with E-state index in [-0.39, 0.29) is 5.56 Å². The van der Waals surface area contributed by atoms with E-state index in [9.17, 15) is 4.79 Å². The lowest BCUT2D eigenvalue weighted by atomic mass is 10.2. The first-order chi connectivity index (χ1) is 10.3. The Labute approximate surface area is 119 Å². The van der Waals surface area contributed by atoms with E-state index in [2.05, 4.69) is 21.0 Å². The number of para-hydroxylation sites is 1. The number of nitrogens with zero attached hydrogens (tertiary/aromatic N) is 3. The van der Waals surface area contributed by atoms with Crippen LogP contribution in [0.4, 0.5) is 0 Å². The second-order valence-corrected chi connectivity index (χ2v) is 4.93. The van der Waals surface area contributed by atoms with Crippen molar-refractivity contribution in [3.8, 4) is 0 Å². The molecule has 21 heavy (non-hydrogen) atoms. The lowest BCUT2D eigenvalue weighted by Crippen LogP contribution is -2.21. The highest BCUT2D eigenvalue weighted by molar-refractivity contribution is 5.80. The monoisotopic (exact) mass is 276 g/mol. The normalized spacial score (nSPS) is 11.2. The Morgan fingerprint density at radius 1 is 1.10 bits per heavy atom. The van der Waals surface area contributed by atoms with Crippen LogP contribution in [0.15, 0.2) is 59.8 Å². The van der Waals surface area contributed by atoms with E-state index in [0.717, 1.165) is 16.6 Å². The van der Waals surface area contributed by atoms with Gasteiger partial charge >= 0.3 is 0 Å². The standard InChI is InChI=1S/C16H12N4O/c21-16-13-5-3-7-17-15(13)18-10-20(16)9-12-8-11-4-1-2-6-14(11)19-12/h1-8,10,19H,9H2. The van der Waals surface area contributed by atoms with Gasteiger partial charge in [-0.15, -0.1) is 0 Å². The van der Waals surface area contributed by atoms with Crippen molar-refractivity contribution in [1.29, 1.82) is 0 Å². The SMILES string of the molecule is O=c1c2cccnc2ncn1Cc1cc2ccccc2[nH]1. The number of hydrogen-bond acceptors (Lipinski definition) is 3. The van der Waals surface area contributed by atoms with Crippen molar-refractivity contribution in [3.63, 3.8) is 0 Å². The van der Waals surface area contributed by atoms with Gasteiger partial charge in [-0.25, -0.2) is 9.97 Å². The minimum Gasteiger partial charge on any atom is -0.357 e. The third kappa shape index (κ3) is 1.99. The highest BCUT2D eigenvalue weighted by Gasteiger charge is 2.06. The summed E-state index contributed by atoms with van der Waals surface area (Å²) in [6, 6.07) is 13.6. The molecule has 1 aromatic carbocycles. The maximum atomic E-state index is 12.4. The van der Waals surface area contributed by atoms with Crippen LogP contribution in [0.5, 0.6) is 0 Å². The number of pyridine rings is 1. The average molecular weight is 276 g/mol. The summed E-state index contributed by atoms with van der Waals surface area (Å²) < 4.78 is 1.59. The van der Waals surface area contributed by atoms with Gasteiger partial charge in [-0.2, -0.15) is 0 Å². The Kier molecular flexibility index (Phi) is 2.57. The lowest BCUT2D eigenvalue weighted by Gasteiger charge is -2.04. The molecule has 0 aliphatic rings. The van der Waals surface area contributed by atoms with E-state index in [1.807, 2.05) is 24.3 Å². The van der Waals surface area contributed by atoms with Gasteiger partial charge in [0.2, 0.25) is 0 Å². The maximum Gasteiger partial charge on any atom is 0.263 e. The number of hydrogen-bond donors (Lipinski definition) is 1. The third-order valence-electron chi connectivity index (χ3n) is 3.52. The number of H-pyrrole nitrogens is 1. The summed E-state index contributed by atoms with van der Waals surface area (Å²) in [4.78, 5) is 24.1. The van der Waals surface area contributed by atoms with Gasteiger partial charge in [0.15, 0.2) is 5.65 Å². The topological polar surface area (TPSA) is 63.6 Å². The van der Waals surface area contributed by atoms with Crippen molar-refractivity contribution in [2.24, 2.45) is 0 Å². The molecule has 4 aromatic rings. The van der Waals surface area contributed by atoms with E-state index in [4.69, 9.17) is 0 Å².